The molecule has 1 aliphatic rings. The van der Waals surface area contributed by atoms with Crippen molar-refractivity contribution in [1.29, 1.82) is 0 Å². The Labute approximate surface area is 188 Å². The van der Waals surface area contributed by atoms with Gasteiger partial charge in [0.2, 0.25) is 5.91 Å². The number of rotatable bonds is 6. The van der Waals surface area contributed by atoms with Crippen molar-refractivity contribution in [3.8, 4) is 11.1 Å². The molecule has 1 aliphatic heterocycles. The number of hydrogen-bond acceptors (Lipinski definition) is 4. The second-order valence-electron chi connectivity index (χ2n) is 7.02. The van der Waals surface area contributed by atoms with E-state index in [9.17, 15) is 14.4 Å². The molecular formula is C23H17Cl2N3O3. The van der Waals surface area contributed by atoms with E-state index in [4.69, 9.17) is 23.2 Å². The van der Waals surface area contributed by atoms with Gasteiger partial charge in [0.15, 0.2) is 0 Å². The van der Waals surface area contributed by atoms with Crippen molar-refractivity contribution >= 4 is 46.7 Å². The van der Waals surface area contributed by atoms with E-state index in [1.54, 1.807) is 12.3 Å². The van der Waals surface area contributed by atoms with Crippen LogP contribution in [0, 0.1) is 0 Å². The Morgan fingerprint density at radius 1 is 0.903 bits per heavy atom. The molecule has 1 N–H and O–H groups in total. The van der Waals surface area contributed by atoms with Gasteiger partial charge in [0.05, 0.1) is 21.2 Å². The van der Waals surface area contributed by atoms with Crippen LogP contribution in [-0.4, -0.2) is 34.2 Å². The second-order valence-corrected chi connectivity index (χ2v) is 7.84. The van der Waals surface area contributed by atoms with Crippen LogP contribution in [0.2, 0.25) is 10.0 Å². The number of carbonyl (C=O) groups is 3. The third-order valence-corrected chi connectivity index (χ3v) is 5.66. The number of anilines is 1. The fourth-order valence-corrected chi connectivity index (χ4v) is 3.69. The van der Waals surface area contributed by atoms with Gasteiger partial charge < -0.3 is 5.32 Å². The molecule has 0 aliphatic carbocycles. The van der Waals surface area contributed by atoms with Crippen LogP contribution in [0.3, 0.4) is 0 Å². The minimum Gasteiger partial charge on any atom is -0.311 e. The van der Waals surface area contributed by atoms with Crippen molar-refractivity contribution in [2.45, 2.75) is 12.8 Å². The number of carbonyl (C=O) groups excluding carboxylic acids is 3. The molecule has 2 heterocycles. The highest BCUT2D eigenvalue weighted by molar-refractivity contribution is 6.43. The van der Waals surface area contributed by atoms with E-state index in [0.717, 1.165) is 16.0 Å². The number of nitrogens with zero attached hydrogens (tertiary/aromatic N) is 2. The summed E-state index contributed by atoms with van der Waals surface area (Å²) >= 11 is 11.9. The number of halogens is 2. The number of hydrogen-bond donors (Lipinski definition) is 1. The third kappa shape index (κ3) is 4.45. The van der Waals surface area contributed by atoms with Crippen molar-refractivity contribution < 1.29 is 14.4 Å². The van der Waals surface area contributed by atoms with Crippen LogP contribution in [0.4, 0.5) is 5.82 Å². The summed E-state index contributed by atoms with van der Waals surface area (Å²) in [6, 6.07) is 16.2. The van der Waals surface area contributed by atoms with E-state index in [1.165, 1.54) is 12.1 Å². The molecule has 2 aromatic carbocycles. The molecular weight excluding hydrogens is 437 g/mol. The summed E-state index contributed by atoms with van der Waals surface area (Å²) in [6.07, 6.45) is 2.15. The van der Waals surface area contributed by atoms with E-state index in [1.807, 2.05) is 36.4 Å². The predicted molar refractivity (Wildman–Crippen MR) is 119 cm³/mol. The highest BCUT2D eigenvalue weighted by Crippen LogP contribution is 2.31. The first-order chi connectivity index (χ1) is 14.9. The Morgan fingerprint density at radius 2 is 1.55 bits per heavy atom. The maximum absolute atomic E-state index is 12.5. The van der Waals surface area contributed by atoms with Gasteiger partial charge in [-0.2, -0.15) is 0 Å². The SMILES string of the molecule is O=C(CCCN1C(=O)c2cc(Cl)c(Cl)cc2C1=O)Nc1ccc(-c2ccccc2)cn1. The van der Waals surface area contributed by atoms with E-state index < -0.39 is 11.8 Å². The molecule has 0 saturated carbocycles. The summed E-state index contributed by atoms with van der Waals surface area (Å²) in [4.78, 5) is 42.6. The van der Waals surface area contributed by atoms with Crippen LogP contribution >= 0.6 is 23.2 Å². The molecule has 156 valence electrons. The van der Waals surface area contributed by atoms with E-state index >= 15 is 0 Å². The fraction of sp³-hybridized carbons (Fsp3) is 0.130. The third-order valence-electron chi connectivity index (χ3n) is 4.94. The fourth-order valence-electron chi connectivity index (χ4n) is 3.36. The maximum atomic E-state index is 12.5. The molecule has 0 radical (unpaired) electrons. The van der Waals surface area contributed by atoms with Crippen molar-refractivity contribution in [3.05, 3.63) is 82.0 Å². The van der Waals surface area contributed by atoms with Crippen molar-refractivity contribution in [1.82, 2.24) is 9.88 Å². The topological polar surface area (TPSA) is 79.4 Å². The zero-order valence-corrected chi connectivity index (χ0v) is 17.8. The molecule has 0 atom stereocenters. The van der Waals surface area contributed by atoms with E-state index in [0.29, 0.717) is 12.2 Å². The molecule has 3 aromatic rings. The quantitative estimate of drug-likeness (QED) is 0.528. The lowest BCUT2D eigenvalue weighted by molar-refractivity contribution is -0.116. The van der Waals surface area contributed by atoms with Crippen molar-refractivity contribution in [2.75, 3.05) is 11.9 Å². The monoisotopic (exact) mass is 453 g/mol. The molecule has 0 unspecified atom stereocenters. The van der Waals surface area contributed by atoms with Gasteiger partial charge in [0.25, 0.3) is 11.8 Å². The molecule has 6 nitrogen and oxygen atoms in total. The van der Waals surface area contributed by atoms with Crippen molar-refractivity contribution in [2.24, 2.45) is 0 Å². The average Bonchev–Trinajstić information content (AvgIpc) is 2.99. The minimum atomic E-state index is -0.433. The van der Waals surface area contributed by atoms with Crippen LogP contribution in [0.1, 0.15) is 33.6 Å². The Balaban J connectivity index is 1.31. The zero-order valence-electron chi connectivity index (χ0n) is 16.3. The van der Waals surface area contributed by atoms with Crippen LogP contribution in [0.5, 0.6) is 0 Å². The van der Waals surface area contributed by atoms with Gasteiger partial charge in [0, 0.05) is 24.7 Å². The van der Waals surface area contributed by atoms with E-state index in [2.05, 4.69) is 10.3 Å². The van der Waals surface area contributed by atoms with Gasteiger partial charge in [0.1, 0.15) is 5.82 Å². The molecule has 0 bridgehead atoms. The largest absolute Gasteiger partial charge is 0.311 e. The maximum Gasteiger partial charge on any atom is 0.261 e. The lowest BCUT2D eigenvalue weighted by atomic mass is 10.1. The Kier molecular flexibility index (Phi) is 6.02. The second kappa shape index (κ2) is 8.88. The number of aromatic nitrogens is 1. The molecule has 4 rings (SSSR count). The Hall–Kier alpha value is -3.22. The lowest BCUT2D eigenvalue weighted by Gasteiger charge is -2.13. The summed E-state index contributed by atoms with van der Waals surface area (Å²) < 4.78 is 0. The Bertz CT molecular complexity index is 1120. The van der Waals surface area contributed by atoms with Crippen LogP contribution in [0.25, 0.3) is 11.1 Å². The molecule has 1 aromatic heterocycles. The highest BCUT2D eigenvalue weighted by atomic mass is 35.5. The first-order valence-electron chi connectivity index (χ1n) is 9.60. The van der Waals surface area contributed by atoms with Crippen LogP contribution in [0.15, 0.2) is 60.8 Å². The minimum absolute atomic E-state index is 0.120. The first-order valence-corrected chi connectivity index (χ1v) is 10.4. The van der Waals surface area contributed by atoms with Gasteiger partial charge in [-0.1, -0.05) is 53.5 Å². The number of nitrogens with one attached hydrogen (secondary N) is 1. The lowest BCUT2D eigenvalue weighted by Crippen LogP contribution is -2.31. The van der Waals surface area contributed by atoms with Crippen LogP contribution < -0.4 is 5.32 Å². The highest BCUT2D eigenvalue weighted by Gasteiger charge is 2.35. The average molecular weight is 454 g/mol. The van der Waals surface area contributed by atoms with Gasteiger partial charge >= 0.3 is 0 Å². The molecule has 31 heavy (non-hydrogen) atoms. The summed E-state index contributed by atoms with van der Waals surface area (Å²) in [6.45, 7) is 0.120. The summed E-state index contributed by atoms with van der Waals surface area (Å²) in [5.74, 6) is -0.674. The van der Waals surface area contributed by atoms with Gasteiger partial charge in [-0.3, -0.25) is 19.3 Å². The normalized spacial score (nSPS) is 12.8. The number of imide groups is 1. The smallest absolute Gasteiger partial charge is 0.261 e. The predicted octanol–water partition coefficient (Wildman–Crippen LogP) is 5.07. The van der Waals surface area contributed by atoms with Gasteiger partial charge in [-0.25, -0.2) is 4.98 Å². The van der Waals surface area contributed by atoms with E-state index in [-0.39, 0.29) is 40.0 Å². The van der Waals surface area contributed by atoms with Crippen molar-refractivity contribution in [3.63, 3.8) is 0 Å². The number of fused-ring (bicyclic) bond motifs is 1. The zero-order chi connectivity index (χ0) is 22.0. The number of pyridine rings is 1. The number of benzene rings is 2. The van der Waals surface area contributed by atoms with Crippen LogP contribution in [-0.2, 0) is 4.79 Å². The Morgan fingerprint density at radius 3 is 2.13 bits per heavy atom. The molecule has 3 amide bonds. The molecule has 8 heteroatoms. The molecule has 0 fully saturated rings. The van der Waals surface area contributed by atoms with Gasteiger partial charge in [-0.05, 0) is 36.2 Å². The summed E-state index contributed by atoms with van der Waals surface area (Å²) in [5, 5.41) is 3.16. The summed E-state index contributed by atoms with van der Waals surface area (Å²) in [7, 11) is 0. The first kappa shape index (κ1) is 21.0. The summed E-state index contributed by atoms with van der Waals surface area (Å²) in [5.41, 5.74) is 2.44. The van der Waals surface area contributed by atoms with Gasteiger partial charge in [-0.15, -0.1) is 0 Å². The number of amides is 3. The molecule has 0 spiro atoms. The molecule has 0 saturated heterocycles. The standard InChI is InChI=1S/C23H17Cl2N3O3/c24-18-11-16-17(12-19(18)25)23(31)28(22(16)30)10-4-7-21(29)27-20-9-8-15(13-26-20)14-5-2-1-3-6-14/h1-3,5-6,8-9,11-13H,4,7,10H2,(H,26,27,29).